The first-order chi connectivity index (χ1) is 11.7. The van der Waals surface area contributed by atoms with Crippen LogP contribution in [0, 0.1) is 0 Å². The summed E-state index contributed by atoms with van der Waals surface area (Å²) in [5.41, 5.74) is 1.40. The average molecular weight is 357 g/mol. The van der Waals surface area contributed by atoms with Crippen molar-refractivity contribution in [2.24, 2.45) is 5.10 Å². The van der Waals surface area contributed by atoms with E-state index in [1.54, 1.807) is 41.9 Å². The van der Waals surface area contributed by atoms with Crippen LogP contribution in [0.25, 0.3) is 0 Å². The van der Waals surface area contributed by atoms with Crippen LogP contribution in [0.4, 0.5) is 0 Å². The van der Waals surface area contributed by atoms with E-state index in [4.69, 9.17) is 16.0 Å². The van der Waals surface area contributed by atoms with Crippen molar-refractivity contribution in [1.82, 2.24) is 5.01 Å². The van der Waals surface area contributed by atoms with E-state index in [9.17, 15) is 4.79 Å². The standard InChI is InChI=1S/C18H13ClN2O2S/c19-13-5-1-4-12(10-13)18(22)21-15(16-6-2-8-23-16)11-14(20-21)17-7-3-9-24-17/h1-10,15H,11H2/t15-/m0/s1. The van der Waals surface area contributed by atoms with Gasteiger partial charge >= 0.3 is 0 Å². The minimum absolute atomic E-state index is 0.189. The molecule has 1 amide bonds. The highest BCUT2D eigenvalue weighted by Crippen LogP contribution is 2.35. The second-order valence-corrected chi connectivity index (χ2v) is 6.80. The lowest BCUT2D eigenvalue weighted by Gasteiger charge is -2.19. The lowest BCUT2D eigenvalue weighted by Crippen LogP contribution is -2.26. The van der Waals surface area contributed by atoms with E-state index in [0.717, 1.165) is 16.3 Å². The molecule has 3 heterocycles. The van der Waals surface area contributed by atoms with Gasteiger partial charge in [-0.25, -0.2) is 5.01 Å². The number of benzene rings is 1. The number of nitrogens with zero attached hydrogens (tertiary/aromatic N) is 2. The van der Waals surface area contributed by atoms with Crippen molar-refractivity contribution in [1.29, 1.82) is 0 Å². The van der Waals surface area contributed by atoms with Crippen LogP contribution in [0.5, 0.6) is 0 Å². The summed E-state index contributed by atoms with van der Waals surface area (Å²) >= 11 is 7.63. The SMILES string of the molecule is O=C(c1cccc(Cl)c1)N1N=C(c2cccs2)C[C@H]1c1ccco1. The Labute approximate surface area is 148 Å². The van der Waals surface area contributed by atoms with E-state index in [-0.39, 0.29) is 11.9 Å². The summed E-state index contributed by atoms with van der Waals surface area (Å²) in [5, 5.41) is 8.61. The van der Waals surface area contributed by atoms with E-state index in [2.05, 4.69) is 5.10 Å². The lowest BCUT2D eigenvalue weighted by molar-refractivity contribution is 0.0693. The first-order valence-electron chi connectivity index (χ1n) is 7.46. The van der Waals surface area contributed by atoms with Crippen molar-refractivity contribution in [2.45, 2.75) is 12.5 Å². The Bertz CT molecular complexity index is 888. The number of hydrazone groups is 1. The minimum atomic E-state index is -0.247. The van der Waals surface area contributed by atoms with E-state index in [1.165, 1.54) is 5.01 Å². The summed E-state index contributed by atoms with van der Waals surface area (Å²) in [6, 6.07) is 14.3. The average Bonchev–Trinajstić information content (AvgIpc) is 3.32. The second-order valence-electron chi connectivity index (χ2n) is 5.42. The highest BCUT2D eigenvalue weighted by atomic mass is 35.5. The van der Waals surface area contributed by atoms with Gasteiger partial charge in [0, 0.05) is 17.0 Å². The molecule has 24 heavy (non-hydrogen) atoms. The Balaban J connectivity index is 1.72. The van der Waals surface area contributed by atoms with Crippen molar-refractivity contribution >= 4 is 34.6 Å². The number of rotatable bonds is 3. The van der Waals surface area contributed by atoms with Gasteiger partial charge in [-0.15, -0.1) is 11.3 Å². The minimum Gasteiger partial charge on any atom is -0.467 e. The Morgan fingerprint density at radius 3 is 2.88 bits per heavy atom. The molecule has 0 bridgehead atoms. The lowest BCUT2D eigenvalue weighted by atomic mass is 10.1. The summed E-state index contributed by atoms with van der Waals surface area (Å²) in [7, 11) is 0. The summed E-state index contributed by atoms with van der Waals surface area (Å²) in [6.45, 7) is 0. The highest BCUT2D eigenvalue weighted by molar-refractivity contribution is 7.12. The van der Waals surface area contributed by atoms with Crippen molar-refractivity contribution in [3.63, 3.8) is 0 Å². The van der Waals surface area contributed by atoms with Crippen molar-refractivity contribution in [3.8, 4) is 0 Å². The molecular weight excluding hydrogens is 344 g/mol. The Morgan fingerprint density at radius 2 is 2.17 bits per heavy atom. The van der Waals surface area contributed by atoms with Gasteiger partial charge in [0.05, 0.1) is 16.9 Å². The summed E-state index contributed by atoms with van der Waals surface area (Å²) < 4.78 is 5.53. The van der Waals surface area contributed by atoms with Crippen molar-refractivity contribution in [3.05, 3.63) is 81.4 Å². The third-order valence-electron chi connectivity index (χ3n) is 3.87. The molecule has 6 heteroatoms. The molecule has 1 aliphatic heterocycles. The van der Waals surface area contributed by atoms with Gasteiger partial charge in [-0.2, -0.15) is 5.10 Å². The number of amides is 1. The van der Waals surface area contributed by atoms with Gasteiger partial charge < -0.3 is 4.42 Å². The van der Waals surface area contributed by atoms with Gasteiger partial charge in [0.2, 0.25) is 0 Å². The molecule has 0 unspecified atom stereocenters. The van der Waals surface area contributed by atoms with Gasteiger partial charge in [0.25, 0.3) is 5.91 Å². The molecular formula is C18H13ClN2O2S. The molecule has 0 saturated heterocycles. The topological polar surface area (TPSA) is 45.8 Å². The third-order valence-corrected chi connectivity index (χ3v) is 5.02. The van der Waals surface area contributed by atoms with Gasteiger partial charge in [-0.3, -0.25) is 4.79 Å². The van der Waals surface area contributed by atoms with Crippen LogP contribution in [0.2, 0.25) is 5.02 Å². The molecule has 120 valence electrons. The normalized spacial score (nSPS) is 17.1. The second kappa shape index (κ2) is 6.26. The fourth-order valence-electron chi connectivity index (χ4n) is 2.75. The maximum Gasteiger partial charge on any atom is 0.274 e. The third kappa shape index (κ3) is 2.77. The van der Waals surface area contributed by atoms with Crippen LogP contribution in [0.1, 0.15) is 33.5 Å². The molecule has 0 aliphatic carbocycles. The number of furan rings is 1. The van der Waals surface area contributed by atoms with Gasteiger partial charge in [0.1, 0.15) is 11.8 Å². The molecule has 3 aromatic rings. The Morgan fingerprint density at radius 1 is 1.25 bits per heavy atom. The predicted octanol–water partition coefficient (Wildman–Crippen LogP) is 4.99. The van der Waals surface area contributed by atoms with Crippen LogP contribution >= 0.6 is 22.9 Å². The fourth-order valence-corrected chi connectivity index (χ4v) is 3.66. The number of hydrogen-bond acceptors (Lipinski definition) is 4. The molecule has 0 spiro atoms. The molecule has 1 aromatic carbocycles. The fraction of sp³-hybridized carbons (Fsp3) is 0.111. The monoisotopic (exact) mass is 356 g/mol. The van der Waals surface area contributed by atoms with Crippen LogP contribution in [-0.4, -0.2) is 16.6 Å². The summed E-state index contributed by atoms with van der Waals surface area (Å²) in [4.78, 5) is 14.0. The van der Waals surface area contributed by atoms with Crippen LogP contribution in [0.15, 0.2) is 69.7 Å². The van der Waals surface area contributed by atoms with Crippen molar-refractivity contribution in [2.75, 3.05) is 0 Å². The van der Waals surface area contributed by atoms with E-state index in [1.807, 2.05) is 29.6 Å². The molecule has 0 N–H and O–H groups in total. The van der Waals surface area contributed by atoms with Crippen LogP contribution < -0.4 is 0 Å². The van der Waals surface area contributed by atoms with Crippen molar-refractivity contribution < 1.29 is 9.21 Å². The Hall–Kier alpha value is -2.37. The molecule has 1 atom stereocenters. The van der Waals surface area contributed by atoms with Gasteiger partial charge in [0.15, 0.2) is 0 Å². The maximum atomic E-state index is 12.9. The summed E-state index contributed by atoms with van der Waals surface area (Å²) in [6.07, 6.45) is 2.24. The van der Waals surface area contributed by atoms with E-state index < -0.39 is 0 Å². The number of thiophene rings is 1. The number of carbonyl (C=O) groups excluding carboxylic acids is 1. The maximum absolute atomic E-state index is 12.9. The van der Waals surface area contributed by atoms with Crippen LogP contribution in [-0.2, 0) is 0 Å². The largest absolute Gasteiger partial charge is 0.467 e. The number of carbonyl (C=O) groups is 1. The van der Waals surface area contributed by atoms with Crippen LogP contribution in [0.3, 0.4) is 0 Å². The zero-order chi connectivity index (χ0) is 16.5. The molecule has 1 aliphatic rings. The first-order valence-corrected chi connectivity index (χ1v) is 8.72. The molecule has 0 saturated carbocycles. The first kappa shape index (κ1) is 15.2. The smallest absolute Gasteiger partial charge is 0.274 e. The molecule has 0 radical (unpaired) electrons. The Kier molecular flexibility index (Phi) is 3.96. The zero-order valence-corrected chi connectivity index (χ0v) is 14.1. The zero-order valence-electron chi connectivity index (χ0n) is 12.6. The van der Waals surface area contributed by atoms with Gasteiger partial charge in [-0.1, -0.05) is 23.7 Å². The highest BCUT2D eigenvalue weighted by Gasteiger charge is 2.35. The predicted molar refractivity (Wildman–Crippen MR) is 94.5 cm³/mol. The molecule has 4 nitrogen and oxygen atoms in total. The quantitative estimate of drug-likeness (QED) is 0.664. The van der Waals surface area contributed by atoms with Gasteiger partial charge in [-0.05, 0) is 41.8 Å². The summed E-state index contributed by atoms with van der Waals surface area (Å²) in [5.74, 6) is 0.533. The number of halogens is 1. The van der Waals surface area contributed by atoms with E-state index in [0.29, 0.717) is 17.0 Å². The number of hydrogen-bond donors (Lipinski definition) is 0. The molecule has 4 rings (SSSR count). The molecule has 2 aromatic heterocycles. The van der Waals surface area contributed by atoms with E-state index >= 15 is 0 Å². The molecule has 0 fully saturated rings.